The fourth-order valence-corrected chi connectivity index (χ4v) is 5.86. The van der Waals surface area contributed by atoms with Gasteiger partial charge in [-0.25, -0.2) is 8.42 Å². The highest BCUT2D eigenvalue weighted by molar-refractivity contribution is 7.92. The van der Waals surface area contributed by atoms with E-state index in [-0.39, 0.29) is 23.0 Å². The lowest BCUT2D eigenvalue weighted by Gasteiger charge is -2.32. The fraction of sp³-hybridized carbons (Fsp3) is 0.355. The number of anilines is 1. The van der Waals surface area contributed by atoms with Gasteiger partial charge in [-0.2, -0.15) is 0 Å². The topological polar surface area (TPSA) is 96.0 Å². The molecule has 0 unspecified atom stereocenters. The lowest BCUT2D eigenvalue weighted by molar-refractivity contribution is -0.139. The molecule has 41 heavy (non-hydrogen) atoms. The summed E-state index contributed by atoms with van der Waals surface area (Å²) in [6.45, 7) is 7.79. The number of nitrogens with one attached hydrogen (secondary N) is 1. The Morgan fingerprint density at radius 3 is 2.37 bits per heavy atom. The van der Waals surface area contributed by atoms with Crippen molar-refractivity contribution in [1.29, 1.82) is 0 Å². The molecule has 3 aromatic rings. The average molecular weight is 600 g/mol. The number of carbonyl (C=O) groups is 2. The monoisotopic (exact) mass is 599 g/mol. The predicted octanol–water partition coefficient (Wildman–Crippen LogP) is 5.58. The van der Waals surface area contributed by atoms with Gasteiger partial charge in [-0.05, 0) is 69.2 Å². The van der Waals surface area contributed by atoms with Crippen LogP contribution in [0.3, 0.4) is 0 Å². The molecule has 0 aliphatic carbocycles. The van der Waals surface area contributed by atoms with Crippen LogP contribution in [0.15, 0.2) is 77.7 Å². The molecular formula is C31H38ClN3O5S. The molecule has 3 aromatic carbocycles. The maximum Gasteiger partial charge on any atom is 0.264 e. The minimum Gasteiger partial charge on any atom is -0.492 e. The highest BCUT2D eigenvalue weighted by Gasteiger charge is 2.33. The zero-order valence-electron chi connectivity index (χ0n) is 24.0. The van der Waals surface area contributed by atoms with Crippen molar-refractivity contribution in [2.45, 2.75) is 58.0 Å². The lowest BCUT2D eigenvalue weighted by Crippen LogP contribution is -2.51. The zero-order valence-corrected chi connectivity index (χ0v) is 25.5. The smallest absolute Gasteiger partial charge is 0.264 e. The summed E-state index contributed by atoms with van der Waals surface area (Å²) in [5.41, 5.74) is 2.05. The van der Waals surface area contributed by atoms with Crippen LogP contribution in [-0.4, -0.2) is 50.9 Å². The number of nitrogens with zero attached hydrogens (tertiary/aromatic N) is 2. The largest absolute Gasteiger partial charge is 0.492 e. The summed E-state index contributed by atoms with van der Waals surface area (Å²) >= 11 is 6.02. The Kier molecular flexibility index (Phi) is 11.6. The lowest BCUT2D eigenvalue weighted by atomic mass is 10.1. The fourth-order valence-electron chi connectivity index (χ4n) is 4.31. The van der Waals surface area contributed by atoms with E-state index in [2.05, 4.69) is 5.32 Å². The molecule has 0 radical (unpaired) electrons. The molecule has 3 rings (SSSR count). The van der Waals surface area contributed by atoms with Gasteiger partial charge in [0.2, 0.25) is 11.8 Å². The van der Waals surface area contributed by atoms with Crippen molar-refractivity contribution in [3.8, 4) is 5.75 Å². The van der Waals surface area contributed by atoms with E-state index < -0.39 is 28.5 Å². The van der Waals surface area contributed by atoms with Gasteiger partial charge in [0.15, 0.2) is 0 Å². The van der Waals surface area contributed by atoms with Gasteiger partial charge in [0.05, 0.1) is 17.2 Å². The number of benzene rings is 3. The first-order chi connectivity index (χ1) is 19.6. The minimum absolute atomic E-state index is 0.0309. The summed E-state index contributed by atoms with van der Waals surface area (Å²) in [7, 11) is -4.24. The van der Waals surface area contributed by atoms with Gasteiger partial charge in [0.1, 0.15) is 18.3 Å². The molecule has 0 aromatic heterocycles. The quantitative estimate of drug-likeness (QED) is 0.244. The Morgan fingerprint density at radius 1 is 1.00 bits per heavy atom. The molecule has 1 N–H and O–H groups in total. The van der Waals surface area contributed by atoms with Crippen LogP contribution in [0.5, 0.6) is 5.75 Å². The number of halogens is 1. The van der Waals surface area contributed by atoms with E-state index >= 15 is 0 Å². The summed E-state index contributed by atoms with van der Waals surface area (Å²) in [5.74, 6) is -0.523. The van der Waals surface area contributed by atoms with Crippen LogP contribution in [0.1, 0.15) is 44.7 Å². The van der Waals surface area contributed by atoms with Gasteiger partial charge in [-0.3, -0.25) is 13.9 Å². The molecule has 0 saturated carbocycles. The van der Waals surface area contributed by atoms with Crippen molar-refractivity contribution in [3.05, 3.63) is 88.9 Å². The molecule has 220 valence electrons. The second-order valence-electron chi connectivity index (χ2n) is 9.70. The van der Waals surface area contributed by atoms with E-state index in [0.717, 1.165) is 28.3 Å². The van der Waals surface area contributed by atoms with Crippen molar-refractivity contribution in [1.82, 2.24) is 10.2 Å². The van der Waals surface area contributed by atoms with E-state index in [0.29, 0.717) is 23.9 Å². The first kappa shape index (κ1) is 32.0. The number of unbranched alkanes of at least 4 members (excludes halogenated alkanes) is 1. The number of rotatable bonds is 14. The molecule has 2 amide bonds. The van der Waals surface area contributed by atoms with Gasteiger partial charge in [-0.1, -0.05) is 66.9 Å². The third-order valence-corrected chi connectivity index (χ3v) is 8.57. The summed E-state index contributed by atoms with van der Waals surface area (Å²) in [6.07, 6.45) is 1.73. The Balaban J connectivity index is 2.05. The minimum atomic E-state index is -4.24. The SMILES string of the molecule is CCCCNC(=O)[C@@H](C)N(Cc1cccc(C)c1)C(=O)CN(c1ccccc1OCC)S(=O)(=O)c1ccc(Cl)cc1. The predicted molar refractivity (Wildman–Crippen MR) is 163 cm³/mol. The van der Waals surface area contributed by atoms with Crippen LogP contribution >= 0.6 is 11.6 Å². The number of ether oxygens (including phenoxy) is 1. The van der Waals surface area contributed by atoms with Crippen molar-refractivity contribution in [3.63, 3.8) is 0 Å². The highest BCUT2D eigenvalue weighted by atomic mass is 35.5. The van der Waals surface area contributed by atoms with Crippen molar-refractivity contribution >= 4 is 39.1 Å². The summed E-state index contributed by atoms with van der Waals surface area (Å²) in [5, 5.41) is 3.27. The molecule has 8 nitrogen and oxygen atoms in total. The zero-order chi connectivity index (χ0) is 30.0. The second-order valence-corrected chi connectivity index (χ2v) is 12.0. The van der Waals surface area contributed by atoms with Gasteiger partial charge in [0.25, 0.3) is 10.0 Å². The number of sulfonamides is 1. The van der Waals surface area contributed by atoms with E-state index in [1.54, 1.807) is 38.1 Å². The third kappa shape index (κ3) is 8.47. The van der Waals surface area contributed by atoms with Crippen LogP contribution in [0, 0.1) is 6.92 Å². The Morgan fingerprint density at radius 2 is 1.71 bits per heavy atom. The molecule has 0 aliphatic rings. The Labute approximate surface area is 248 Å². The number of carbonyl (C=O) groups excluding carboxylic acids is 2. The van der Waals surface area contributed by atoms with Crippen LogP contribution in [0.2, 0.25) is 5.02 Å². The molecule has 0 heterocycles. The second kappa shape index (κ2) is 14.9. The molecule has 0 bridgehead atoms. The van der Waals surface area contributed by atoms with E-state index in [9.17, 15) is 18.0 Å². The van der Waals surface area contributed by atoms with Crippen LogP contribution in [0.25, 0.3) is 0 Å². The molecule has 0 fully saturated rings. The molecule has 0 aliphatic heterocycles. The first-order valence-electron chi connectivity index (χ1n) is 13.7. The Bertz CT molecular complexity index is 1430. The average Bonchev–Trinajstić information content (AvgIpc) is 2.95. The summed E-state index contributed by atoms with van der Waals surface area (Å²) < 4.78 is 34.8. The number of amides is 2. The van der Waals surface area contributed by atoms with Crippen molar-refractivity contribution in [2.75, 3.05) is 24.0 Å². The first-order valence-corrected chi connectivity index (χ1v) is 15.5. The summed E-state index contributed by atoms with van der Waals surface area (Å²) in [4.78, 5) is 28.6. The molecule has 10 heteroatoms. The molecule has 0 saturated heterocycles. The van der Waals surface area contributed by atoms with Crippen LogP contribution in [-0.2, 0) is 26.2 Å². The maximum absolute atomic E-state index is 14.1. The van der Waals surface area contributed by atoms with Crippen molar-refractivity contribution < 1.29 is 22.7 Å². The van der Waals surface area contributed by atoms with E-state index in [1.165, 1.54) is 29.2 Å². The standard InChI is InChI=1S/C31H38ClN3O5S/c1-5-7-19-33-31(37)24(4)34(21-25-12-10-11-23(3)20-25)30(36)22-35(28-13-8-9-14-29(28)40-6-2)41(38,39)27-17-15-26(32)16-18-27/h8-18,20,24H,5-7,19,21-22H2,1-4H3,(H,33,37)/t24-/m1/s1. The molecule has 0 spiro atoms. The number of hydrogen-bond acceptors (Lipinski definition) is 5. The maximum atomic E-state index is 14.1. The molecular weight excluding hydrogens is 562 g/mol. The van der Waals surface area contributed by atoms with Gasteiger partial charge in [-0.15, -0.1) is 0 Å². The van der Waals surface area contributed by atoms with Crippen LogP contribution in [0.4, 0.5) is 5.69 Å². The number of aryl methyl sites for hydroxylation is 1. The van der Waals surface area contributed by atoms with E-state index in [4.69, 9.17) is 16.3 Å². The van der Waals surface area contributed by atoms with Crippen molar-refractivity contribution in [2.24, 2.45) is 0 Å². The van der Waals surface area contributed by atoms with Gasteiger partial charge in [0, 0.05) is 18.1 Å². The van der Waals surface area contributed by atoms with E-state index in [1.807, 2.05) is 38.1 Å². The third-order valence-electron chi connectivity index (χ3n) is 6.55. The normalized spacial score (nSPS) is 11.9. The van der Waals surface area contributed by atoms with Crippen LogP contribution < -0.4 is 14.4 Å². The molecule has 1 atom stereocenters. The summed E-state index contributed by atoms with van der Waals surface area (Å²) in [6, 6.07) is 19.2. The van der Waals surface area contributed by atoms with Gasteiger partial charge < -0.3 is 15.0 Å². The Hall–Kier alpha value is -3.56. The van der Waals surface area contributed by atoms with Gasteiger partial charge >= 0.3 is 0 Å². The number of hydrogen-bond donors (Lipinski definition) is 1. The highest BCUT2D eigenvalue weighted by Crippen LogP contribution is 2.33. The number of para-hydroxylation sites is 2.